The van der Waals surface area contributed by atoms with E-state index in [2.05, 4.69) is 24.1 Å². The van der Waals surface area contributed by atoms with Gasteiger partial charge in [-0.2, -0.15) is 0 Å². The number of fused-ring (bicyclic) bond motifs is 3. The number of morpholine rings is 1. The number of ether oxygens (including phenoxy) is 3. The summed E-state index contributed by atoms with van der Waals surface area (Å²) in [5.74, 6) is -3.99. The normalized spacial score (nSPS) is 28.4. The second-order valence-electron chi connectivity index (χ2n) is 18.8. The molecule has 3 heterocycles. The van der Waals surface area contributed by atoms with Crippen LogP contribution in [0, 0.1) is 17.3 Å². The molecule has 3 unspecified atom stereocenters. The van der Waals surface area contributed by atoms with E-state index in [9.17, 15) is 20.1 Å². The fourth-order valence-electron chi connectivity index (χ4n) is 12.4. The maximum atomic E-state index is 16.6. The van der Waals surface area contributed by atoms with Crippen molar-refractivity contribution in [2.45, 2.75) is 113 Å². The summed E-state index contributed by atoms with van der Waals surface area (Å²) in [4.78, 5) is 65.8. The van der Waals surface area contributed by atoms with Crippen LogP contribution in [0.15, 0.2) is 109 Å². The molecular formula is C54H65N3O10. The first-order valence-corrected chi connectivity index (χ1v) is 24.1. The summed E-state index contributed by atoms with van der Waals surface area (Å²) in [7, 11) is 1.48. The Morgan fingerprint density at radius 3 is 2.21 bits per heavy atom. The molecule has 13 nitrogen and oxygen atoms in total. The molecule has 0 aromatic heterocycles. The van der Waals surface area contributed by atoms with Crippen LogP contribution < -0.4 is 10.2 Å². The molecule has 0 radical (unpaired) electrons. The van der Waals surface area contributed by atoms with Gasteiger partial charge in [0.25, 0.3) is 0 Å². The number of carbonyl (C=O) groups is 4. The van der Waals surface area contributed by atoms with E-state index in [1.54, 1.807) is 36.4 Å². The molecule has 3 amide bonds. The van der Waals surface area contributed by atoms with Crippen LogP contribution in [0.4, 0.5) is 10.5 Å². The molecule has 4 aromatic rings. The fraction of sp³-hybridized carbons (Fsp3) is 0.481. The number of anilines is 1. The Bertz CT molecular complexity index is 2350. The van der Waals surface area contributed by atoms with Crippen LogP contribution in [0.2, 0.25) is 0 Å². The molecule has 13 heteroatoms. The predicted molar refractivity (Wildman–Crippen MR) is 252 cm³/mol. The lowest BCUT2D eigenvalue weighted by atomic mass is 9.53. The maximum Gasteiger partial charge on any atom is 0.421 e. The largest absolute Gasteiger partial charge is 0.454 e. The molecule has 356 valence electrons. The van der Waals surface area contributed by atoms with Crippen LogP contribution >= 0.6 is 0 Å². The standard InChI is InChI=1S/C54H65N3O10/c1-4-6-28-53(27-5-2)33-39(59)23-24-40(53)48-54(41-32-35(26-29-58)22-25-42(41)56(51(54)63)52(64)66-31-30-65-3)44(49(61)55-34-43(60)36-16-10-7-11-17-36)46-50(62)67-47(38-20-14-9-15-21-38)45(57(46)48)37-18-12-8-13-19-37/h7-22,25,32,39-40,43-48,58-60H,4-6,23-24,26-31,33-34H2,1-3H3,(H,55,61)/t39?,40?,43-,44+,45+,46+,47-,48-,53?,54+/m0/s1. The highest BCUT2D eigenvalue weighted by Gasteiger charge is 2.77. The lowest BCUT2D eigenvalue weighted by molar-refractivity contribution is -0.182. The average molecular weight is 916 g/mol. The van der Waals surface area contributed by atoms with E-state index in [0.717, 1.165) is 41.7 Å². The summed E-state index contributed by atoms with van der Waals surface area (Å²) in [6.07, 6.45) is 1.89. The molecular weight excluding hydrogens is 851 g/mol. The van der Waals surface area contributed by atoms with E-state index < -0.39 is 83.0 Å². The number of nitrogens with zero attached hydrogens (tertiary/aromatic N) is 2. The van der Waals surface area contributed by atoms with Gasteiger partial charge in [0, 0.05) is 26.3 Å². The zero-order valence-corrected chi connectivity index (χ0v) is 38.8. The van der Waals surface area contributed by atoms with Gasteiger partial charge in [-0.25, -0.2) is 9.69 Å². The van der Waals surface area contributed by atoms with Gasteiger partial charge >= 0.3 is 12.1 Å². The summed E-state index contributed by atoms with van der Waals surface area (Å²) in [5, 5.41) is 36.6. The maximum absolute atomic E-state index is 16.6. The Morgan fingerprint density at radius 1 is 0.866 bits per heavy atom. The number of benzene rings is 4. The average Bonchev–Trinajstić information content (AvgIpc) is 3.79. The number of esters is 1. The first-order valence-electron chi connectivity index (χ1n) is 24.1. The van der Waals surface area contributed by atoms with Gasteiger partial charge in [-0.15, -0.1) is 0 Å². The molecule has 2 saturated heterocycles. The predicted octanol–water partition coefficient (Wildman–Crippen LogP) is 7.28. The molecule has 67 heavy (non-hydrogen) atoms. The van der Waals surface area contributed by atoms with E-state index in [-0.39, 0.29) is 38.5 Å². The Morgan fingerprint density at radius 2 is 1.55 bits per heavy atom. The molecule has 1 saturated carbocycles. The third-order valence-electron chi connectivity index (χ3n) is 15.0. The van der Waals surface area contributed by atoms with Crippen LogP contribution in [0.1, 0.15) is 111 Å². The lowest BCUT2D eigenvalue weighted by Crippen LogP contribution is -2.62. The number of rotatable bonds is 17. The molecule has 1 spiro atoms. The van der Waals surface area contributed by atoms with Crippen molar-refractivity contribution in [3.8, 4) is 0 Å². The van der Waals surface area contributed by atoms with Crippen molar-refractivity contribution in [2.75, 3.05) is 38.4 Å². The Hall–Kier alpha value is -5.44. The number of imide groups is 1. The number of aliphatic hydroxyl groups excluding tert-OH is 3. The van der Waals surface area contributed by atoms with Crippen molar-refractivity contribution in [2.24, 2.45) is 17.3 Å². The minimum absolute atomic E-state index is 0.0707. The van der Waals surface area contributed by atoms with Gasteiger partial charge < -0.3 is 34.8 Å². The van der Waals surface area contributed by atoms with Crippen molar-refractivity contribution >= 4 is 29.6 Å². The minimum atomic E-state index is -1.96. The van der Waals surface area contributed by atoms with E-state index in [0.29, 0.717) is 42.4 Å². The SMILES string of the molecule is CCCCC1(CCC)CC(O)CCC1[C@@H]1N2[C@H](c3ccccc3)[C@H](c3ccccc3)OC(=O)[C@H]2[C@H](C(=O)NC[C@H](O)c2ccccc2)[C@@]12C(=O)N(C(=O)OCCOC)c1ccc(CCO)cc12. The van der Waals surface area contributed by atoms with Crippen LogP contribution in [-0.4, -0.2) is 95.8 Å². The van der Waals surface area contributed by atoms with Crippen molar-refractivity contribution in [3.05, 3.63) is 137 Å². The topological polar surface area (TPSA) is 175 Å². The van der Waals surface area contributed by atoms with Gasteiger partial charge in [0.05, 0.1) is 36.5 Å². The molecule has 10 atom stereocenters. The number of methoxy groups -OCH3 is 1. The summed E-state index contributed by atoms with van der Waals surface area (Å²) in [6.45, 7) is 3.73. The van der Waals surface area contributed by atoms with Gasteiger partial charge in [-0.1, -0.05) is 136 Å². The second-order valence-corrected chi connectivity index (χ2v) is 18.8. The molecule has 4 aliphatic rings. The highest BCUT2D eigenvalue weighted by atomic mass is 16.6. The number of unbranched alkanes of at least 4 members (excludes halogenated alkanes) is 1. The number of amides is 3. The first kappa shape index (κ1) is 48.0. The Kier molecular flexibility index (Phi) is 14.9. The molecule has 8 rings (SSSR count). The van der Waals surface area contributed by atoms with Crippen LogP contribution in [0.5, 0.6) is 0 Å². The fourth-order valence-corrected chi connectivity index (χ4v) is 12.4. The highest BCUT2D eigenvalue weighted by Crippen LogP contribution is 2.66. The molecule has 0 bridgehead atoms. The van der Waals surface area contributed by atoms with E-state index in [4.69, 9.17) is 14.2 Å². The number of aliphatic hydroxyl groups is 3. The summed E-state index contributed by atoms with van der Waals surface area (Å²) in [6, 6.07) is 30.3. The van der Waals surface area contributed by atoms with Gasteiger partial charge in [-0.3, -0.25) is 19.3 Å². The van der Waals surface area contributed by atoms with Crippen molar-refractivity contribution in [1.29, 1.82) is 0 Å². The Balaban J connectivity index is 1.46. The smallest absolute Gasteiger partial charge is 0.421 e. The minimum Gasteiger partial charge on any atom is -0.454 e. The van der Waals surface area contributed by atoms with Gasteiger partial charge in [0.15, 0.2) is 0 Å². The molecule has 3 fully saturated rings. The Labute approximate surface area is 393 Å². The van der Waals surface area contributed by atoms with Crippen LogP contribution in [0.25, 0.3) is 0 Å². The summed E-state index contributed by atoms with van der Waals surface area (Å²) < 4.78 is 17.6. The van der Waals surface area contributed by atoms with E-state index in [1.807, 2.05) is 72.8 Å². The van der Waals surface area contributed by atoms with Crippen LogP contribution in [-0.2, 0) is 40.4 Å². The van der Waals surface area contributed by atoms with E-state index in [1.165, 1.54) is 7.11 Å². The summed E-state index contributed by atoms with van der Waals surface area (Å²) in [5.41, 5.74) is 0.830. The third-order valence-corrected chi connectivity index (χ3v) is 15.0. The first-order chi connectivity index (χ1) is 32.6. The van der Waals surface area contributed by atoms with Crippen LogP contribution in [0.3, 0.4) is 0 Å². The van der Waals surface area contributed by atoms with Gasteiger partial charge in [-0.05, 0) is 83.7 Å². The number of hydrogen-bond donors (Lipinski definition) is 4. The number of hydrogen-bond acceptors (Lipinski definition) is 11. The zero-order valence-electron chi connectivity index (χ0n) is 38.8. The third kappa shape index (κ3) is 8.81. The van der Waals surface area contributed by atoms with Gasteiger partial charge in [0.1, 0.15) is 24.2 Å². The number of nitrogens with one attached hydrogen (secondary N) is 1. The molecule has 4 aromatic carbocycles. The molecule has 1 aliphatic carbocycles. The molecule has 3 aliphatic heterocycles. The monoisotopic (exact) mass is 915 g/mol. The van der Waals surface area contributed by atoms with Crippen molar-refractivity contribution in [3.63, 3.8) is 0 Å². The van der Waals surface area contributed by atoms with E-state index >= 15 is 14.4 Å². The lowest BCUT2D eigenvalue weighted by Gasteiger charge is -2.55. The second kappa shape index (κ2) is 20.8. The quantitative estimate of drug-likeness (QED) is 0.0619. The van der Waals surface area contributed by atoms with Gasteiger partial charge in [0.2, 0.25) is 11.8 Å². The van der Waals surface area contributed by atoms with Crippen molar-refractivity contribution in [1.82, 2.24) is 10.2 Å². The zero-order chi connectivity index (χ0) is 47.3. The number of cyclic esters (lactones) is 1. The number of carbonyl (C=O) groups excluding carboxylic acids is 4. The highest BCUT2D eigenvalue weighted by molar-refractivity contribution is 6.23. The summed E-state index contributed by atoms with van der Waals surface area (Å²) >= 11 is 0. The molecule has 4 N–H and O–H groups in total. The van der Waals surface area contributed by atoms with Crippen molar-refractivity contribution < 1.29 is 48.7 Å².